The van der Waals surface area contributed by atoms with Crippen molar-refractivity contribution in [2.75, 3.05) is 6.61 Å². The first-order valence-electron chi connectivity index (χ1n) is 5.05. The maximum absolute atomic E-state index is 11.3. The van der Waals surface area contributed by atoms with Gasteiger partial charge in [-0.1, -0.05) is 13.8 Å². The average Bonchev–Trinajstić information content (AvgIpc) is 2.11. The van der Waals surface area contributed by atoms with Gasteiger partial charge in [0, 0.05) is 0 Å². The highest BCUT2D eigenvalue weighted by Crippen LogP contribution is 2.07. The van der Waals surface area contributed by atoms with Crippen LogP contribution in [0.5, 0.6) is 0 Å². The van der Waals surface area contributed by atoms with Gasteiger partial charge in [-0.2, -0.15) is 0 Å². The fourth-order valence-electron chi connectivity index (χ4n) is 0.914. The minimum atomic E-state index is -0.139. The highest BCUT2D eigenvalue weighted by Gasteiger charge is 2.14. The van der Waals surface area contributed by atoms with E-state index in [9.17, 15) is 4.79 Å². The molecule has 0 aromatic rings. The Morgan fingerprint density at radius 2 is 1.93 bits per heavy atom. The third kappa shape index (κ3) is 6.33. The van der Waals surface area contributed by atoms with Crippen molar-refractivity contribution in [2.24, 2.45) is 5.92 Å². The fourth-order valence-corrected chi connectivity index (χ4v) is 1.18. The van der Waals surface area contributed by atoms with Crippen LogP contribution in [0.1, 0.15) is 34.1 Å². The largest absolute Gasteiger partial charge is 0.463 e. The molecule has 0 radical (unpaired) electrons. The molecule has 0 spiro atoms. The Morgan fingerprint density at radius 3 is 2.36 bits per heavy atom. The SMILES string of the molecule is CCC(C)C(=O)OCC(C)OC(C)P. The van der Waals surface area contributed by atoms with Gasteiger partial charge in [0.2, 0.25) is 0 Å². The molecular weight excluding hydrogens is 199 g/mol. The van der Waals surface area contributed by atoms with E-state index in [2.05, 4.69) is 9.24 Å². The molecule has 0 aromatic heterocycles. The lowest BCUT2D eigenvalue weighted by Gasteiger charge is -2.17. The summed E-state index contributed by atoms with van der Waals surface area (Å²) in [6, 6.07) is 0. The fraction of sp³-hybridized carbons (Fsp3) is 0.900. The Balaban J connectivity index is 3.66. The maximum atomic E-state index is 11.3. The lowest BCUT2D eigenvalue weighted by molar-refractivity contribution is -0.152. The number of ether oxygens (including phenoxy) is 2. The van der Waals surface area contributed by atoms with Gasteiger partial charge >= 0.3 is 5.97 Å². The molecule has 0 amide bonds. The topological polar surface area (TPSA) is 35.5 Å². The Morgan fingerprint density at radius 1 is 1.36 bits per heavy atom. The zero-order valence-corrected chi connectivity index (χ0v) is 10.6. The number of carbonyl (C=O) groups is 1. The molecule has 3 nitrogen and oxygen atoms in total. The third-order valence-electron chi connectivity index (χ3n) is 1.92. The maximum Gasteiger partial charge on any atom is 0.308 e. The van der Waals surface area contributed by atoms with E-state index in [1.807, 2.05) is 27.7 Å². The van der Waals surface area contributed by atoms with E-state index in [1.165, 1.54) is 0 Å². The Kier molecular flexibility index (Phi) is 7.12. The Hall–Kier alpha value is -0.140. The standard InChI is InChI=1S/C10H21O3P/c1-5-7(2)10(11)12-6-8(3)13-9(4)14/h7-9H,5-6,14H2,1-4H3. The van der Waals surface area contributed by atoms with Gasteiger partial charge in [0.05, 0.1) is 17.9 Å². The van der Waals surface area contributed by atoms with Gasteiger partial charge in [0.1, 0.15) is 6.61 Å². The molecule has 14 heavy (non-hydrogen) atoms. The van der Waals surface area contributed by atoms with Crippen LogP contribution in [0, 0.1) is 5.92 Å². The smallest absolute Gasteiger partial charge is 0.308 e. The first kappa shape index (κ1) is 13.9. The minimum absolute atomic E-state index is 0.0179. The predicted molar refractivity (Wildman–Crippen MR) is 60.1 cm³/mol. The second-order valence-corrected chi connectivity index (χ2v) is 4.53. The zero-order valence-electron chi connectivity index (χ0n) is 9.45. The number of carbonyl (C=O) groups excluding carboxylic acids is 1. The second kappa shape index (κ2) is 7.19. The molecule has 0 N–H and O–H groups in total. The van der Waals surface area contributed by atoms with Gasteiger partial charge in [-0.25, -0.2) is 0 Å². The summed E-state index contributed by atoms with van der Waals surface area (Å²) in [6.45, 7) is 7.99. The van der Waals surface area contributed by atoms with Gasteiger partial charge < -0.3 is 9.47 Å². The summed E-state index contributed by atoms with van der Waals surface area (Å²) >= 11 is 0. The van der Waals surface area contributed by atoms with Crippen LogP contribution in [0.25, 0.3) is 0 Å². The van der Waals surface area contributed by atoms with Crippen LogP contribution in [-0.2, 0) is 14.3 Å². The van der Waals surface area contributed by atoms with Gasteiger partial charge in [0.25, 0.3) is 0 Å². The second-order valence-electron chi connectivity index (χ2n) is 3.59. The van der Waals surface area contributed by atoms with Crippen molar-refractivity contribution < 1.29 is 14.3 Å². The summed E-state index contributed by atoms with van der Waals surface area (Å²) in [5.41, 5.74) is 0. The molecule has 4 unspecified atom stereocenters. The van der Waals surface area contributed by atoms with Gasteiger partial charge in [-0.15, -0.1) is 9.24 Å². The van der Waals surface area contributed by atoms with Gasteiger partial charge in [-0.05, 0) is 20.3 Å². The molecule has 0 bridgehead atoms. The summed E-state index contributed by atoms with van der Waals surface area (Å²) in [4.78, 5) is 11.3. The average molecular weight is 220 g/mol. The van der Waals surface area contributed by atoms with Crippen molar-refractivity contribution in [2.45, 2.75) is 46.1 Å². The summed E-state index contributed by atoms with van der Waals surface area (Å²) in [5, 5.41) is 0. The number of rotatable bonds is 6. The Labute approximate surface area is 88.7 Å². The monoisotopic (exact) mass is 220 g/mol. The number of esters is 1. The van der Waals surface area contributed by atoms with Crippen molar-refractivity contribution in [3.63, 3.8) is 0 Å². The molecular formula is C10H21O3P. The van der Waals surface area contributed by atoms with Crippen LogP contribution < -0.4 is 0 Å². The summed E-state index contributed by atoms with van der Waals surface area (Å²) in [5.74, 6) is -0.0673. The number of hydrogen-bond donors (Lipinski definition) is 0. The van der Waals surface area contributed by atoms with Crippen LogP contribution in [0.15, 0.2) is 0 Å². The van der Waals surface area contributed by atoms with E-state index in [-0.39, 0.29) is 23.8 Å². The van der Waals surface area contributed by atoms with Crippen molar-refractivity contribution in [1.29, 1.82) is 0 Å². The van der Waals surface area contributed by atoms with Crippen molar-refractivity contribution >= 4 is 15.2 Å². The van der Waals surface area contributed by atoms with Gasteiger partial charge in [0.15, 0.2) is 0 Å². The minimum Gasteiger partial charge on any atom is -0.463 e. The van der Waals surface area contributed by atoms with Crippen molar-refractivity contribution in [3.05, 3.63) is 0 Å². The van der Waals surface area contributed by atoms with E-state index in [1.54, 1.807) is 0 Å². The Bertz CT molecular complexity index is 171. The first-order chi connectivity index (χ1) is 6.47. The lowest BCUT2D eigenvalue weighted by Crippen LogP contribution is -2.23. The van der Waals surface area contributed by atoms with Crippen LogP contribution in [-0.4, -0.2) is 24.5 Å². The highest BCUT2D eigenvalue weighted by molar-refractivity contribution is 7.17. The molecule has 0 aliphatic heterocycles. The molecule has 0 aliphatic carbocycles. The van der Waals surface area contributed by atoms with Crippen LogP contribution in [0.4, 0.5) is 0 Å². The molecule has 0 heterocycles. The highest BCUT2D eigenvalue weighted by atomic mass is 31.0. The third-order valence-corrected chi connectivity index (χ3v) is 2.08. The molecule has 4 atom stereocenters. The van der Waals surface area contributed by atoms with Crippen LogP contribution >= 0.6 is 9.24 Å². The molecule has 0 aromatic carbocycles. The predicted octanol–water partition coefficient (Wildman–Crippen LogP) is 2.20. The van der Waals surface area contributed by atoms with Crippen molar-refractivity contribution in [3.8, 4) is 0 Å². The molecule has 0 rings (SSSR count). The zero-order chi connectivity index (χ0) is 11.1. The van der Waals surface area contributed by atoms with Crippen molar-refractivity contribution in [1.82, 2.24) is 0 Å². The molecule has 0 saturated carbocycles. The van der Waals surface area contributed by atoms with Gasteiger partial charge in [-0.3, -0.25) is 4.79 Å². The van der Waals surface area contributed by atoms with Crippen LogP contribution in [0.2, 0.25) is 0 Å². The van der Waals surface area contributed by atoms with E-state index < -0.39 is 0 Å². The normalized spacial score (nSPS) is 17.2. The summed E-state index contributed by atoms with van der Waals surface area (Å²) in [6.07, 6.45) is 0.768. The lowest BCUT2D eigenvalue weighted by atomic mass is 10.1. The van der Waals surface area contributed by atoms with E-state index in [0.29, 0.717) is 6.61 Å². The molecule has 0 fully saturated rings. The summed E-state index contributed by atoms with van der Waals surface area (Å²) < 4.78 is 10.5. The van der Waals surface area contributed by atoms with Crippen LogP contribution in [0.3, 0.4) is 0 Å². The van der Waals surface area contributed by atoms with E-state index in [4.69, 9.17) is 9.47 Å². The molecule has 4 heteroatoms. The molecule has 0 saturated heterocycles. The first-order valence-corrected chi connectivity index (χ1v) is 5.71. The molecule has 84 valence electrons. The quantitative estimate of drug-likeness (QED) is 0.508. The summed E-state index contributed by atoms with van der Waals surface area (Å²) in [7, 11) is 2.54. The molecule has 0 aliphatic rings. The van der Waals surface area contributed by atoms with E-state index in [0.717, 1.165) is 6.42 Å². The van der Waals surface area contributed by atoms with E-state index >= 15 is 0 Å². The number of hydrogen-bond acceptors (Lipinski definition) is 3.